The maximum Gasteiger partial charge on any atom is 0.0958 e. The molecule has 1 unspecified atom stereocenters. The van der Waals surface area contributed by atoms with Crippen LogP contribution in [-0.4, -0.2) is 34.3 Å². The minimum atomic E-state index is 0.552. The Bertz CT molecular complexity index is 628. The molecule has 2 aliphatic rings. The molecule has 2 aliphatic heterocycles. The Morgan fingerprint density at radius 1 is 1.09 bits per heavy atom. The monoisotopic (exact) mass is 328 g/mol. The van der Waals surface area contributed by atoms with Crippen molar-refractivity contribution in [3.8, 4) is 11.3 Å². The summed E-state index contributed by atoms with van der Waals surface area (Å²) in [4.78, 5) is 4.85. The van der Waals surface area contributed by atoms with E-state index < -0.39 is 0 Å². The molecule has 1 aromatic carbocycles. The fourth-order valence-electron chi connectivity index (χ4n) is 3.80. The summed E-state index contributed by atoms with van der Waals surface area (Å²) in [6, 6.07) is 11.2. The lowest BCUT2D eigenvalue weighted by molar-refractivity contribution is 0.0686. The average molecular weight is 328 g/mol. The van der Waals surface area contributed by atoms with Crippen molar-refractivity contribution < 1.29 is 4.74 Å². The molecule has 2 fully saturated rings. The van der Waals surface area contributed by atoms with Crippen LogP contribution in [0, 0.1) is 0 Å². The molecular formula is C19H24N2OS. The number of thioether (sulfide) groups is 1. The zero-order valence-electron chi connectivity index (χ0n) is 13.5. The number of nitrogens with zero attached hydrogens (tertiary/aromatic N) is 2. The third kappa shape index (κ3) is 3.20. The highest BCUT2D eigenvalue weighted by atomic mass is 32.2. The molecule has 4 rings (SSSR count). The van der Waals surface area contributed by atoms with Gasteiger partial charge in [0.25, 0.3) is 0 Å². The summed E-state index contributed by atoms with van der Waals surface area (Å²) in [5.41, 5.74) is 3.92. The molecule has 1 atom stereocenters. The predicted octanol–water partition coefficient (Wildman–Crippen LogP) is 4.51. The first-order chi connectivity index (χ1) is 11.4. The molecule has 2 saturated heterocycles. The summed E-state index contributed by atoms with van der Waals surface area (Å²) >= 11 is 2.09. The number of hydrogen-bond donors (Lipinski definition) is 0. The van der Waals surface area contributed by atoms with Crippen LogP contribution in [0.1, 0.15) is 43.3 Å². The van der Waals surface area contributed by atoms with Crippen LogP contribution in [-0.2, 0) is 4.74 Å². The first-order valence-electron chi connectivity index (χ1n) is 8.71. The Morgan fingerprint density at radius 2 is 1.91 bits per heavy atom. The number of aromatic nitrogens is 2. The van der Waals surface area contributed by atoms with Gasteiger partial charge < -0.3 is 9.30 Å². The van der Waals surface area contributed by atoms with Crippen LogP contribution >= 0.6 is 11.8 Å². The topological polar surface area (TPSA) is 27.1 Å². The summed E-state index contributed by atoms with van der Waals surface area (Å²) in [7, 11) is 0. The van der Waals surface area contributed by atoms with Gasteiger partial charge in [-0.15, -0.1) is 0 Å². The maximum atomic E-state index is 5.56. The van der Waals surface area contributed by atoms with Crippen molar-refractivity contribution in [2.24, 2.45) is 0 Å². The van der Waals surface area contributed by atoms with Crippen LogP contribution in [0.4, 0.5) is 0 Å². The van der Waals surface area contributed by atoms with Crippen LogP contribution in [0.25, 0.3) is 11.3 Å². The van der Waals surface area contributed by atoms with E-state index in [1.807, 2.05) is 0 Å². The first kappa shape index (κ1) is 15.3. The highest BCUT2D eigenvalue weighted by molar-refractivity contribution is 7.99. The van der Waals surface area contributed by atoms with Gasteiger partial charge in [0.1, 0.15) is 0 Å². The number of ether oxygens (including phenoxy) is 1. The second-order valence-corrected chi connectivity index (χ2v) is 7.66. The molecule has 2 aromatic rings. The van der Waals surface area contributed by atoms with E-state index in [9.17, 15) is 0 Å². The van der Waals surface area contributed by atoms with E-state index >= 15 is 0 Å². The SMILES string of the molecule is c1ccc(-c2ncn(C3CCOCC3)c2C2CCCSC2)cc1. The lowest BCUT2D eigenvalue weighted by Crippen LogP contribution is -2.23. The Balaban J connectivity index is 1.75. The van der Waals surface area contributed by atoms with Crippen LogP contribution < -0.4 is 0 Å². The summed E-state index contributed by atoms with van der Waals surface area (Å²) < 4.78 is 8.05. The normalized spacial score (nSPS) is 23.0. The second-order valence-electron chi connectivity index (χ2n) is 6.51. The van der Waals surface area contributed by atoms with Crippen molar-refractivity contribution in [2.45, 2.75) is 37.6 Å². The number of hydrogen-bond acceptors (Lipinski definition) is 3. The van der Waals surface area contributed by atoms with Gasteiger partial charge in [0.05, 0.1) is 12.0 Å². The molecule has 0 saturated carbocycles. The van der Waals surface area contributed by atoms with Crippen molar-refractivity contribution in [2.75, 3.05) is 24.7 Å². The van der Waals surface area contributed by atoms with Gasteiger partial charge in [-0.25, -0.2) is 4.98 Å². The zero-order chi connectivity index (χ0) is 15.5. The van der Waals surface area contributed by atoms with Crippen LogP contribution in [0.3, 0.4) is 0 Å². The molecule has 0 bridgehead atoms. The summed E-state index contributed by atoms with van der Waals surface area (Å²) in [5.74, 6) is 3.17. The van der Waals surface area contributed by atoms with E-state index in [2.05, 4.69) is 53.0 Å². The largest absolute Gasteiger partial charge is 0.381 e. The van der Waals surface area contributed by atoms with Crippen molar-refractivity contribution in [3.63, 3.8) is 0 Å². The summed E-state index contributed by atoms with van der Waals surface area (Å²) in [5, 5.41) is 0. The first-order valence-corrected chi connectivity index (χ1v) is 9.86. The summed E-state index contributed by atoms with van der Waals surface area (Å²) in [6.45, 7) is 1.75. The highest BCUT2D eigenvalue weighted by Gasteiger charge is 2.27. The fourth-order valence-corrected chi connectivity index (χ4v) is 4.95. The van der Waals surface area contributed by atoms with E-state index in [1.165, 1.54) is 41.3 Å². The molecular weight excluding hydrogens is 304 g/mol. The molecule has 0 spiro atoms. The second kappa shape index (κ2) is 7.10. The lowest BCUT2D eigenvalue weighted by Gasteiger charge is -2.29. The highest BCUT2D eigenvalue weighted by Crippen LogP contribution is 2.39. The Kier molecular flexibility index (Phi) is 4.72. The van der Waals surface area contributed by atoms with Gasteiger partial charge >= 0.3 is 0 Å². The van der Waals surface area contributed by atoms with Crippen molar-refractivity contribution >= 4 is 11.8 Å². The molecule has 122 valence electrons. The van der Waals surface area contributed by atoms with Crippen molar-refractivity contribution in [1.29, 1.82) is 0 Å². The Hall–Kier alpha value is -1.26. The van der Waals surface area contributed by atoms with Crippen molar-refractivity contribution in [1.82, 2.24) is 9.55 Å². The minimum Gasteiger partial charge on any atom is -0.381 e. The maximum absolute atomic E-state index is 5.56. The third-order valence-electron chi connectivity index (χ3n) is 5.01. The fraction of sp³-hybridized carbons (Fsp3) is 0.526. The van der Waals surface area contributed by atoms with Gasteiger partial charge in [-0.1, -0.05) is 30.3 Å². The molecule has 3 nitrogen and oxygen atoms in total. The Morgan fingerprint density at radius 3 is 2.65 bits per heavy atom. The average Bonchev–Trinajstić information content (AvgIpc) is 3.09. The van der Waals surface area contributed by atoms with Gasteiger partial charge in [-0.05, 0) is 31.4 Å². The van der Waals surface area contributed by atoms with Gasteiger partial charge in [-0.3, -0.25) is 0 Å². The van der Waals surface area contributed by atoms with Crippen LogP contribution in [0.5, 0.6) is 0 Å². The molecule has 0 N–H and O–H groups in total. The molecule has 23 heavy (non-hydrogen) atoms. The van der Waals surface area contributed by atoms with Gasteiger partial charge in [-0.2, -0.15) is 11.8 Å². The molecule has 0 aliphatic carbocycles. The quantitative estimate of drug-likeness (QED) is 0.829. The lowest BCUT2D eigenvalue weighted by atomic mass is 9.95. The van der Waals surface area contributed by atoms with Gasteiger partial charge in [0.15, 0.2) is 0 Å². The molecule has 1 aromatic heterocycles. The zero-order valence-corrected chi connectivity index (χ0v) is 14.3. The van der Waals surface area contributed by atoms with Gasteiger partial charge in [0, 0.05) is 42.2 Å². The smallest absolute Gasteiger partial charge is 0.0958 e. The van der Waals surface area contributed by atoms with Crippen LogP contribution in [0.2, 0.25) is 0 Å². The number of imidazole rings is 1. The predicted molar refractivity (Wildman–Crippen MR) is 96.1 cm³/mol. The molecule has 0 amide bonds. The van der Waals surface area contributed by atoms with E-state index in [4.69, 9.17) is 9.72 Å². The van der Waals surface area contributed by atoms with Crippen LogP contribution in [0.15, 0.2) is 36.7 Å². The Labute approximate surface area is 142 Å². The number of rotatable bonds is 3. The van der Waals surface area contributed by atoms with E-state index in [1.54, 1.807) is 0 Å². The molecule has 0 radical (unpaired) electrons. The number of benzene rings is 1. The standard InChI is InChI=1S/C19H24N2OS/c1-2-5-15(6-3-1)18-19(16-7-4-12-23-13-16)21(14-20-18)17-8-10-22-11-9-17/h1-3,5-6,14,16-17H,4,7-13H2. The van der Waals surface area contributed by atoms with Gasteiger partial charge in [0.2, 0.25) is 0 Å². The van der Waals surface area contributed by atoms with Crippen molar-refractivity contribution in [3.05, 3.63) is 42.4 Å². The molecule has 4 heteroatoms. The third-order valence-corrected chi connectivity index (χ3v) is 6.23. The van der Waals surface area contributed by atoms with E-state index in [0.717, 1.165) is 26.1 Å². The molecule has 3 heterocycles. The summed E-state index contributed by atoms with van der Waals surface area (Å²) in [6.07, 6.45) is 6.92. The van der Waals surface area contributed by atoms with E-state index in [0.29, 0.717) is 12.0 Å². The minimum absolute atomic E-state index is 0.552. The van der Waals surface area contributed by atoms with E-state index in [-0.39, 0.29) is 0 Å².